The van der Waals surface area contributed by atoms with E-state index in [-0.39, 0.29) is 22.7 Å². The molecule has 0 saturated carbocycles. The van der Waals surface area contributed by atoms with Crippen LogP contribution in [0.1, 0.15) is 11.3 Å². The van der Waals surface area contributed by atoms with Crippen molar-refractivity contribution < 1.29 is 22.3 Å². The number of ether oxygens (including phenoxy) is 1. The van der Waals surface area contributed by atoms with Gasteiger partial charge in [-0.15, -0.1) is 0 Å². The number of nitrogens with one attached hydrogen (secondary N) is 3. The highest BCUT2D eigenvalue weighted by atomic mass is 32.2. The third kappa shape index (κ3) is 6.58. The number of aryl methyl sites for hydroxylation is 2. The fourth-order valence-corrected chi connectivity index (χ4v) is 4.63. The van der Waals surface area contributed by atoms with Gasteiger partial charge >= 0.3 is 0 Å². The maximum atomic E-state index is 13.1. The van der Waals surface area contributed by atoms with Gasteiger partial charge in [0.05, 0.1) is 4.90 Å². The Hall–Kier alpha value is -4.51. The average molecular weight is 523 g/mol. The lowest BCUT2D eigenvalue weighted by atomic mass is 10.2. The maximum absolute atomic E-state index is 13.1. The summed E-state index contributed by atoms with van der Waals surface area (Å²) in [5.74, 6) is -0.184. The van der Waals surface area contributed by atoms with Crippen molar-refractivity contribution in [1.29, 1.82) is 0 Å². The number of nitrogens with zero attached hydrogens (tertiary/aromatic N) is 1. The summed E-state index contributed by atoms with van der Waals surface area (Å²) in [6.07, 6.45) is 0. The highest BCUT2D eigenvalue weighted by Gasteiger charge is 2.16. The summed E-state index contributed by atoms with van der Waals surface area (Å²) in [5.41, 5.74) is 2.14. The van der Waals surface area contributed by atoms with Crippen LogP contribution in [-0.2, 0) is 14.8 Å². The number of H-pyrrole nitrogens is 1. The van der Waals surface area contributed by atoms with Crippen molar-refractivity contribution in [2.45, 2.75) is 18.7 Å². The Labute approximate surface area is 212 Å². The van der Waals surface area contributed by atoms with E-state index in [2.05, 4.69) is 20.0 Å². The van der Waals surface area contributed by atoms with E-state index >= 15 is 0 Å². The van der Waals surface area contributed by atoms with Crippen molar-refractivity contribution >= 4 is 27.3 Å². The summed E-state index contributed by atoms with van der Waals surface area (Å²) >= 11 is 0. The fraction of sp³-hybridized carbons (Fsp3) is 0.115. The highest BCUT2D eigenvalue weighted by molar-refractivity contribution is 7.92. The lowest BCUT2D eigenvalue weighted by Gasteiger charge is -2.13. The van der Waals surface area contributed by atoms with Gasteiger partial charge in [0, 0.05) is 28.7 Å². The number of halogens is 1. The molecule has 190 valence electrons. The molecule has 1 heterocycles. The number of carbonyl (C=O) groups excluding carboxylic acids is 1. The standard InChI is InChI=1S/C26H23FN4O5S/c1-16-12-22(37(34,35)31-20-8-6-19(27)7-9-20)10-11-23(16)36-15-25(33)29-21-5-3-4-18(14-21)26-28-17(2)13-24(32)30-26/h3-14,31H,15H2,1-2H3,(H,29,33)(H,28,30,32). The van der Waals surface area contributed by atoms with Gasteiger partial charge in [-0.2, -0.15) is 0 Å². The van der Waals surface area contributed by atoms with E-state index in [0.717, 1.165) is 12.1 Å². The number of anilines is 2. The summed E-state index contributed by atoms with van der Waals surface area (Å²) in [4.78, 5) is 31.2. The number of carbonyl (C=O) groups is 1. The molecule has 11 heteroatoms. The van der Waals surface area contributed by atoms with Crippen LogP contribution in [-0.4, -0.2) is 30.9 Å². The number of rotatable bonds is 8. The Bertz CT molecular complexity index is 1620. The van der Waals surface area contributed by atoms with Gasteiger partial charge in [0.2, 0.25) is 0 Å². The molecular formula is C26H23FN4O5S. The minimum absolute atomic E-state index is 0.00857. The molecule has 0 aliphatic heterocycles. The second-order valence-electron chi connectivity index (χ2n) is 8.19. The van der Waals surface area contributed by atoms with E-state index in [4.69, 9.17) is 4.74 Å². The Morgan fingerprint density at radius 3 is 2.46 bits per heavy atom. The lowest BCUT2D eigenvalue weighted by molar-refractivity contribution is -0.118. The zero-order chi connectivity index (χ0) is 26.6. The third-order valence-corrected chi connectivity index (χ3v) is 6.58. The molecular weight excluding hydrogens is 499 g/mol. The summed E-state index contributed by atoms with van der Waals surface area (Å²) < 4.78 is 46.4. The number of benzene rings is 3. The van der Waals surface area contributed by atoms with Crippen LogP contribution in [0, 0.1) is 19.7 Å². The molecule has 0 radical (unpaired) electrons. The van der Waals surface area contributed by atoms with E-state index in [9.17, 15) is 22.4 Å². The largest absolute Gasteiger partial charge is 0.483 e. The van der Waals surface area contributed by atoms with E-state index in [1.165, 1.54) is 36.4 Å². The van der Waals surface area contributed by atoms with E-state index < -0.39 is 21.7 Å². The highest BCUT2D eigenvalue weighted by Crippen LogP contribution is 2.24. The molecule has 0 atom stereocenters. The molecule has 0 unspecified atom stereocenters. The van der Waals surface area contributed by atoms with Gasteiger partial charge < -0.3 is 15.0 Å². The number of amides is 1. The Balaban J connectivity index is 1.39. The first-order chi connectivity index (χ1) is 17.6. The van der Waals surface area contributed by atoms with Crippen molar-refractivity contribution in [3.63, 3.8) is 0 Å². The molecule has 0 spiro atoms. The van der Waals surface area contributed by atoms with Crippen LogP contribution in [0.2, 0.25) is 0 Å². The van der Waals surface area contributed by atoms with Gasteiger partial charge in [0.15, 0.2) is 6.61 Å². The van der Waals surface area contributed by atoms with Crippen molar-refractivity contribution in [2.24, 2.45) is 0 Å². The predicted molar refractivity (Wildman–Crippen MR) is 138 cm³/mol. The molecule has 0 aliphatic carbocycles. The van der Waals surface area contributed by atoms with Crippen LogP contribution < -0.4 is 20.3 Å². The van der Waals surface area contributed by atoms with Gasteiger partial charge in [0.1, 0.15) is 17.4 Å². The molecule has 0 aliphatic rings. The monoisotopic (exact) mass is 522 g/mol. The Morgan fingerprint density at radius 1 is 1.00 bits per heavy atom. The molecule has 1 aromatic heterocycles. The van der Waals surface area contributed by atoms with Gasteiger partial charge in [-0.05, 0) is 74.0 Å². The summed E-state index contributed by atoms with van der Waals surface area (Å²) in [7, 11) is -3.90. The number of hydrogen-bond acceptors (Lipinski definition) is 6. The molecule has 1 amide bonds. The van der Waals surface area contributed by atoms with Crippen molar-refractivity contribution in [3.05, 3.63) is 100 Å². The van der Waals surface area contributed by atoms with Crippen LogP contribution >= 0.6 is 0 Å². The normalized spacial score (nSPS) is 11.1. The number of sulfonamides is 1. The molecule has 3 aromatic carbocycles. The first-order valence-corrected chi connectivity index (χ1v) is 12.6. The summed E-state index contributed by atoms with van der Waals surface area (Å²) in [6, 6.07) is 17.4. The topological polar surface area (TPSA) is 130 Å². The molecule has 9 nitrogen and oxygen atoms in total. The van der Waals surface area contributed by atoms with Crippen molar-refractivity contribution in [3.8, 4) is 17.1 Å². The minimum Gasteiger partial charge on any atom is -0.483 e. The molecule has 3 N–H and O–H groups in total. The van der Waals surface area contributed by atoms with Crippen LogP contribution in [0.5, 0.6) is 5.75 Å². The molecule has 0 bridgehead atoms. The van der Waals surface area contributed by atoms with E-state index in [1.807, 2.05) is 0 Å². The van der Waals surface area contributed by atoms with Crippen molar-refractivity contribution in [2.75, 3.05) is 16.6 Å². The zero-order valence-corrected chi connectivity index (χ0v) is 20.7. The average Bonchev–Trinajstić information content (AvgIpc) is 2.84. The zero-order valence-electron chi connectivity index (χ0n) is 19.9. The van der Waals surface area contributed by atoms with E-state index in [1.54, 1.807) is 38.1 Å². The lowest BCUT2D eigenvalue weighted by Crippen LogP contribution is -2.20. The number of aromatic nitrogens is 2. The molecule has 4 aromatic rings. The fourth-order valence-electron chi connectivity index (χ4n) is 3.48. The smallest absolute Gasteiger partial charge is 0.262 e. The van der Waals surface area contributed by atoms with Gasteiger partial charge in [-0.1, -0.05) is 12.1 Å². The second-order valence-corrected chi connectivity index (χ2v) is 9.88. The summed E-state index contributed by atoms with van der Waals surface area (Å²) in [5, 5.41) is 2.72. The molecule has 4 rings (SSSR count). The van der Waals surface area contributed by atoms with Gasteiger partial charge in [-0.3, -0.25) is 14.3 Å². The van der Waals surface area contributed by atoms with Crippen LogP contribution in [0.4, 0.5) is 15.8 Å². The number of hydrogen-bond donors (Lipinski definition) is 3. The quantitative estimate of drug-likeness (QED) is 0.321. The minimum atomic E-state index is -3.90. The summed E-state index contributed by atoms with van der Waals surface area (Å²) in [6.45, 7) is 3.06. The SMILES string of the molecule is Cc1cc(=O)[nH]c(-c2cccc(NC(=O)COc3ccc(S(=O)(=O)Nc4ccc(F)cc4)cc3C)c2)n1. The molecule has 0 fully saturated rings. The van der Waals surface area contributed by atoms with E-state index in [0.29, 0.717) is 34.1 Å². The van der Waals surface area contributed by atoms with Crippen LogP contribution in [0.3, 0.4) is 0 Å². The molecule has 37 heavy (non-hydrogen) atoms. The van der Waals surface area contributed by atoms with Gasteiger partial charge in [-0.25, -0.2) is 17.8 Å². The van der Waals surface area contributed by atoms with Crippen LogP contribution in [0.25, 0.3) is 11.4 Å². The number of aromatic amines is 1. The predicted octanol–water partition coefficient (Wildman–Crippen LogP) is 4.01. The first kappa shape index (κ1) is 25.6. The van der Waals surface area contributed by atoms with Gasteiger partial charge in [0.25, 0.3) is 21.5 Å². The first-order valence-electron chi connectivity index (χ1n) is 11.1. The third-order valence-electron chi connectivity index (χ3n) is 5.20. The molecule has 0 saturated heterocycles. The second kappa shape index (κ2) is 10.6. The Morgan fingerprint density at radius 2 is 1.76 bits per heavy atom. The van der Waals surface area contributed by atoms with Crippen molar-refractivity contribution in [1.82, 2.24) is 9.97 Å². The Kier molecular flexibility index (Phi) is 7.35. The van der Waals surface area contributed by atoms with Crippen LogP contribution in [0.15, 0.2) is 82.5 Å². The maximum Gasteiger partial charge on any atom is 0.262 e.